The van der Waals surface area contributed by atoms with Gasteiger partial charge in [0.2, 0.25) is 0 Å². The molecule has 2 aliphatic rings. The van der Waals surface area contributed by atoms with Gasteiger partial charge in [-0.2, -0.15) is 0 Å². The molecule has 1 unspecified atom stereocenters. The zero-order valence-corrected chi connectivity index (χ0v) is 16.8. The fourth-order valence-electron chi connectivity index (χ4n) is 3.63. The van der Waals surface area contributed by atoms with E-state index in [-0.39, 0.29) is 11.5 Å². The lowest BCUT2D eigenvalue weighted by atomic mass is 10.1. The highest BCUT2D eigenvalue weighted by Crippen LogP contribution is 2.36. The SMILES string of the molecule is CC1Oc2ccc(NC(=O)c3ccccc3F)cc2N(CCN2CCOCC2)C1=O. The van der Waals surface area contributed by atoms with Gasteiger partial charge in [-0.3, -0.25) is 14.5 Å². The second-order valence-corrected chi connectivity index (χ2v) is 7.32. The molecule has 2 heterocycles. The van der Waals surface area contributed by atoms with Gasteiger partial charge in [0, 0.05) is 31.9 Å². The van der Waals surface area contributed by atoms with Crippen molar-refractivity contribution < 1.29 is 23.5 Å². The van der Waals surface area contributed by atoms with Gasteiger partial charge in [-0.25, -0.2) is 4.39 Å². The van der Waals surface area contributed by atoms with E-state index >= 15 is 0 Å². The lowest BCUT2D eigenvalue weighted by Crippen LogP contribution is -2.48. The Balaban J connectivity index is 1.54. The molecule has 4 rings (SSSR count). The minimum absolute atomic E-state index is 0.0413. The molecule has 2 amide bonds. The number of anilines is 2. The van der Waals surface area contributed by atoms with Crippen LogP contribution in [0.4, 0.5) is 15.8 Å². The molecule has 30 heavy (non-hydrogen) atoms. The van der Waals surface area contributed by atoms with E-state index in [4.69, 9.17) is 9.47 Å². The fourth-order valence-corrected chi connectivity index (χ4v) is 3.63. The van der Waals surface area contributed by atoms with Gasteiger partial charge in [-0.05, 0) is 37.3 Å². The number of morpholine rings is 1. The van der Waals surface area contributed by atoms with E-state index in [0.29, 0.717) is 43.4 Å². The van der Waals surface area contributed by atoms with Crippen molar-refractivity contribution in [1.82, 2.24) is 4.90 Å². The Hall–Kier alpha value is -2.97. The molecular weight excluding hydrogens is 389 g/mol. The van der Waals surface area contributed by atoms with Gasteiger partial charge >= 0.3 is 0 Å². The average Bonchev–Trinajstić information content (AvgIpc) is 2.75. The zero-order chi connectivity index (χ0) is 21.1. The molecule has 2 aromatic rings. The third kappa shape index (κ3) is 4.29. The number of benzene rings is 2. The molecule has 0 bridgehead atoms. The van der Waals surface area contributed by atoms with Crippen molar-refractivity contribution in [1.29, 1.82) is 0 Å². The van der Waals surface area contributed by atoms with Gasteiger partial charge in [-0.15, -0.1) is 0 Å². The van der Waals surface area contributed by atoms with Crippen LogP contribution in [-0.2, 0) is 9.53 Å². The van der Waals surface area contributed by atoms with Crippen molar-refractivity contribution in [2.24, 2.45) is 0 Å². The smallest absolute Gasteiger partial charge is 0.267 e. The maximum Gasteiger partial charge on any atom is 0.267 e. The van der Waals surface area contributed by atoms with Crippen LogP contribution in [0.1, 0.15) is 17.3 Å². The van der Waals surface area contributed by atoms with E-state index < -0.39 is 17.8 Å². The Morgan fingerprint density at radius 2 is 1.93 bits per heavy atom. The monoisotopic (exact) mass is 413 g/mol. The number of carbonyl (C=O) groups excluding carboxylic acids is 2. The lowest BCUT2D eigenvalue weighted by molar-refractivity contribution is -0.125. The van der Waals surface area contributed by atoms with Gasteiger partial charge in [0.1, 0.15) is 11.6 Å². The molecule has 0 aromatic heterocycles. The van der Waals surface area contributed by atoms with Crippen LogP contribution in [0.25, 0.3) is 0 Å². The Morgan fingerprint density at radius 3 is 2.70 bits per heavy atom. The number of carbonyl (C=O) groups is 2. The summed E-state index contributed by atoms with van der Waals surface area (Å²) >= 11 is 0. The maximum absolute atomic E-state index is 13.9. The van der Waals surface area contributed by atoms with E-state index in [9.17, 15) is 14.0 Å². The normalized spacial score (nSPS) is 19.2. The average molecular weight is 413 g/mol. The number of fused-ring (bicyclic) bond motifs is 1. The molecule has 1 fully saturated rings. The molecule has 1 N–H and O–H groups in total. The number of ether oxygens (including phenoxy) is 2. The van der Waals surface area contributed by atoms with Gasteiger partial charge in [0.05, 0.1) is 24.5 Å². The molecule has 0 saturated carbocycles. The minimum atomic E-state index is -0.590. The standard InChI is InChI=1S/C22H24FN3O4/c1-15-22(28)26(9-8-25-10-12-29-13-11-25)19-14-16(6-7-20(19)30-15)24-21(27)17-4-2-3-5-18(17)23/h2-7,14-15H,8-13H2,1H3,(H,24,27). The Bertz CT molecular complexity index is 946. The van der Waals surface area contributed by atoms with Gasteiger partial charge < -0.3 is 19.7 Å². The lowest BCUT2D eigenvalue weighted by Gasteiger charge is -2.35. The summed E-state index contributed by atoms with van der Waals surface area (Å²) in [6.07, 6.45) is -0.582. The van der Waals surface area contributed by atoms with Crippen molar-refractivity contribution in [2.45, 2.75) is 13.0 Å². The third-order valence-electron chi connectivity index (χ3n) is 5.29. The van der Waals surface area contributed by atoms with Crippen molar-refractivity contribution in [3.05, 3.63) is 53.8 Å². The molecule has 8 heteroatoms. The summed E-state index contributed by atoms with van der Waals surface area (Å²) in [4.78, 5) is 29.2. The van der Waals surface area contributed by atoms with Crippen molar-refractivity contribution in [3.63, 3.8) is 0 Å². The fraction of sp³-hybridized carbons (Fsp3) is 0.364. The van der Waals surface area contributed by atoms with Crippen molar-refractivity contribution in [2.75, 3.05) is 49.6 Å². The molecule has 1 atom stereocenters. The summed E-state index contributed by atoms with van der Waals surface area (Å²) in [7, 11) is 0. The second kappa shape index (κ2) is 8.81. The molecular formula is C22H24FN3O4. The first-order valence-electron chi connectivity index (χ1n) is 10.0. The number of hydrogen-bond acceptors (Lipinski definition) is 5. The van der Waals surface area contributed by atoms with E-state index in [2.05, 4.69) is 10.2 Å². The highest BCUT2D eigenvalue weighted by atomic mass is 19.1. The van der Waals surface area contributed by atoms with Crippen LogP contribution in [-0.4, -0.2) is 62.2 Å². The van der Waals surface area contributed by atoms with Crippen molar-refractivity contribution >= 4 is 23.2 Å². The van der Waals surface area contributed by atoms with Crippen LogP contribution in [0, 0.1) is 5.82 Å². The van der Waals surface area contributed by atoms with Crippen LogP contribution >= 0.6 is 0 Å². The molecule has 0 aliphatic carbocycles. The number of amides is 2. The van der Waals surface area contributed by atoms with Crippen LogP contribution in [0.2, 0.25) is 0 Å². The zero-order valence-electron chi connectivity index (χ0n) is 16.8. The van der Waals surface area contributed by atoms with Gasteiger partial charge in [0.15, 0.2) is 6.10 Å². The predicted molar refractivity (Wildman–Crippen MR) is 110 cm³/mol. The summed E-state index contributed by atoms with van der Waals surface area (Å²) in [5.41, 5.74) is 1.02. The third-order valence-corrected chi connectivity index (χ3v) is 5.29. The first-order chi connectivity index (χ1) is 14.5. The van der Waals surface area contributed by atoms with E-state index in [1.807, 2.05) is 0 Å². The summed E-state index contributed by atoms with van der Waals surface area (Å²) in [5, 5.41) is 2.70. The van der Waals surface area contributed by atoms with E-state index in [1.54, 1.807) is 36.1 Å². The van der Waals surface area contributed by atoms with Crippen LogP contribution in [0.15, 0.2) is 42.5 Å². The number of halogens is 1. The van der Waals surface area contributed by atoms with E-state index in [1.165, 1.54) is 18.2 Å². The Morgan fingerprint density at radius 1 is 1.17 bits per heavy atom. The predicted octanol–water partition coefficient (Wildman–Crippen LogP) is 2.52. The molecule has 2 aromatic carbocycles. The largest absolute Gasteiger partial charge is 0.479 e. The molecule has 158 valence electrons. The quantitative estimate of drug-likeness (QED) is 0.816. The minimum Gasteiger partial charge on any atom is -0.479 e. The molecule has 2 aliphatic heterocycles. The van der Waals surface area contributed by atoms with E-state index in [0.717, 1.165) is 13.1 Å². The first-order valence-corrected chi connectivity index (χ1v) is 10.0. The Labute approximate surface area is 174 Å². The topological polar surface area (TPSA) is 71.1 Å². The van der Waals surface area contributed by atoms with Gasteiger partial charge in [-0.1, -0.05) is 12.1 Å². The van der Waals surface area contributed by atoms with Crippen LogP contribution in [0.3, 0.4) is 0 Å². The number of hydrogen-bond donors (Lipinski definition) is 1. The molecule has 7 nitrogen and oxygen atoms in total. The Kier molecular flexibility index (Phi) is 5.96. The summed E-state index contributed by atoms with van der Waals surface area (Å²) < 4.78 is 25.0. The summed E-state index contributed by atoms with van der Waals surface area (Å²) in [6.45, 7) is 5.99. The second-order valence-electron chi connectivity index (χ2n) is 7.32. The van der Waals surface area contributed by atoms with Gasteiger partial charge in [0.25, 0.3) is 11.8 Å². The number of nitrogens with zero attached hydrogens (tertiary/aromatic N) is 2. The van der Waals surface area contributed by atoms with Crippen LogP contribution < -0.4 is 15.0 Å². The molecule has 0 spiro atoms. The number of rotatable bonds is 5. The van der Waals surface area contributed by atoms with Crippen LogP contribution in [0.5, 0.6) is 5.75 Å². The highest BCUT2D eigenvalue weighted by Gasteiger charge is 2.32. The first kappa shape index (κ1) is 20.3. The summed E-state index contributed by atoms with van der Waals surface area (Å²) in [5.74, 6) is -0.696. The summed E-state index contributed by atoms with van der Waals surface area (Å²) in [6, 6.07) is 10.9. The highest BCUT2D eigenvalue weighted by molar-refractivity contribution is 6.05. The molecule has 0 radical (unpaired) electrons. The van der Waals surface area contributed by atoms with Crippen molar-refractivity contribution in [3.8, 4) is 5.75 Å². The maximum atomic E-state index is 13.9. The molecule has 1 saturated heterocycles. The number of nitrogens with one attached hydrogen (secondary N) is 1.